The van der Waals surface area contributed by atoms with Gasteiger partial charge in [-0.3, -0.25) is 4.79 Å². The number of carbonyl (C=O) groups excluding carboxylic acids is 1. The number of carbonyl (C=O) groups is 1. The summed E-state index contributed by atoms with van der Waals surface area (Å²) in [6.07, 6.45) is -1.86. The van der Waals surface area contributed by atoms with Crippen LogP contribution in [0.5, 0.6) is 0 Å². The zero-order chi connectivity index (χ0) is 18.6. The van der Waals surface area contributed by atoms with Crippen molar-refractivity contribution < 1.29 is 24.1 Å². The van der Waals surface area contributed by atoms with Crippen LogP contribution in [0, 0.1) is 0 Å². The molecule has 0 saturated heterocycles. The van der Waals surface area contributed by atoms with E-state index in [0.29, 0.717) is 13.2 Å². The fourth-order valence-corrected chi connectivity index (χ4v) is 2.33. The summed E-state index contributed by atoms with van der Waals surface area (Å²) < 4.78 is 16.3. The van der Waals surface area contributed by atoms with Crippen molar-refractivity contribution in [2.45, 2.75) is 25.4 Å². The predicted octanol–water partition coefficient (Wildman–Crippen LogP) is 2.93. The molecule has 0 aliphatic carbocycles. The van der Waals surface area contributed by atoms with Gasteiger partial charge in [0.15, 0.2) is 6.10 Å². The molecule has 2 rings (SSSR count). The average Bonchev–Trinajstić information content (AvgIpc) is 2.68. The normalized spacial score (nSPS) is 13.2. The van der Waals surface area contributed by atoms with Gasteiger partial charge in [0.05, 0.1) is 26.4 Å². The number of aliphatic hydroxyl groups is 1. The monoisotopic (exact) mass is 378 g/mol. The van der Waals surface area contributed by atoms with Crippen LogP contribution in [0.3, 0.4) is 0 Å². The van der Waals surface area contributed by atoms with Crippen LogP contribution in [0.15, 0.2) is 60.7 Å². The molecule has 0 aliphatic heterocycles. The van der Waals surface area contributed by atoms with Crippen LogP contribution < -0.4 is 0 Å². The summed E-state index contributed by atoms with van der Waals surface area (Å²) in [5.74, 6) is -0.894. The molecular formula is C20H23ClO5. The minimum absolute atomic E-state index is 0.0177. The van der Waals surface area contributed by atoms with Crippen LogP contribution in [0.4, 0.5) is 0 Å². The molecule has 0 amide bonds. The van der Waals surface area contributed by atoms with Crippen LogP contribution in [0.2, 0.25) is 0 Å². The summed E-state index contributed by atoms with van der Waals surface area (Å²) in [6.45, 7) is 0.781. The molecule has 0 aromatic heterocycles. The number of alkyl halides is 1. The lowest BCUT2D eigenvalue weighted by atomic mass is 10.2. The van der Waals surface area contributed by atoms with Crippen molar-refractivity contribution in [1.29, 1.82) is 0 Å². The fourth-order valence-electron chi connectivity index (χ4n) is 2.27. The third-order valence-corrected chi connectivity index (χ3v) is 3.83. The summed E-state index contributed by atoms with van der Waals surface area (Å²) in [5.41, 5.74) is 1.99. The molecule has 2 aromatic carbocycles. The van der Waals surface area contributed by atoms with E-state index < -0.39 is 18.2 Å². The topological polar surface area (TPSA) is 65.0 Å². The quantitative estimate of drug-likeness (QED) is 0.481. The largest absolute Gasteiger partial charge is 0.456 e. The van der Waals surface area contributed by atoms with Gasteiger partial charge in [-0.05, 0) is 11.1 Å². The number of hydrogen-bond acceptors (Lipinski definition) is 5. The second kappa shape index (κ2) is 11.6. The first-order valence-electron chi connectivity index (χ1n) is 8.36. The number of hydrogen-bond donors (Lipinski definition) is 1. The molecule has 0 radical (unpaired) electrons. The van der Waals surface area contributed by atoms with Crippen molar-refractivity contribution in [3.8, 4) is 0 Å². The van der Waals surface area contributed by atoms with Crippen LogP contribution >= 0.6 is 11.6 Å². The molecule has 0 saturated carbocycles. The first-order chi connectivity index (χ1) is 12.7. The second-order valence-corrected chi connectivity index (χ2v) is 6.00. The highest BCUT2D eigenvalue weighted by Crippen LogP contribution is 2.08. The van der Waals surface area contributed by atoms with E-state index in [9.17, 15) is 9.90 Å². The van der Waals surface area contributed by atoms with Gasteiger partial charge in [0.1, 0.15) is 12.0 Å². The van der Waals surface area contributed by atoms with E-state index in [1.54, 1.807) is 0 Å². The van der Waals surface area contributed by atoms with E-state index in [1.165, 1.54) is 0 Å². The van der Waals surface area contributed by atoms with Crippen molar-refractivity contribution >= 4 is 17.6 Å². The first kappa shape index (κ1) is 20.4. The van der Waals surface area contributed by atoms with E-state index in [2.05, 4.69) is 0 Å². The molecule has 0 fully saturated rings. The Morgan fingerprint density at radius 3 is 1.88 bits per heavy atom. The Kier molecular flexibility index (Phi) is 9.14. The molecule has 0 unspecified atom stereocenters. The molecule has 0 heterocycles. The van der Waals surface area contributed by atoms with Crippen LogP contribution in [0.25, 0.3) is 0 Å². The van der Waals surface area contributed by atoms with Crippen LogP contribution in [-0.2, 0) is 32.2 Å². The maximum absolute atomic E-state index is 11.5. The lowest BCUT2D eigenvalue weighted by molar-refractivity contribution is -0.160. The Balaban J connectivity index is 1.80. The zero-order valence-corrected chi connectivity index (χ0v) is 15.2. The van der Waals surface area contributed by atoms with E-state index in [1.807, 2.05) is 60.7 Å². The van der Waals surface area contributed by atoms with E-state index in [0.717, 1.165) is 11.1 Å². The van der Waals surface area contributed by atoms with E-state index >= 15 is 0 Å². The number of rotatable bonds is 11. The second-order valence-electron chi connectivity index (χ2n) is 5.73. The maximum Gasteiger partial charge on any atom is 0.321 e. The summed E-state index contributed by atoms with van der Waals surface area (Å²) in [6, 6.07) is 19.2. The molecule has 0 bridgehead atoms. The van der Waals surface area contributed by atoms with Crippen LogP contribution in [0.1, 0.15) is 11.1 Å². The molecule has 6 heteroatoms. The minimum atomic E-state index is -1.01. The standard InChI is InChI=1S/C20H23ClO5/c21-11-20(23)26-19(15-25-13-17-9-5-2-6-10-17)18(22)14-24-12-16-7-3-1-4-8-16/h1-10,18-19,22H,11-15H2/t18-,19-/m1/s1. The van der Waals surface area contributed by atoms with Gasteiger partial charge in [0.25, 0.3) is 0 Å². The van der Waals surface area contributed by atoms with Crippen molar-refractivity contribution in [3.05, 3.63) is 71.8 Å². The van der Waals surface area contributed by atoms with Gasteiger partial charge < -0.3 is 19.3 Å². The van der Waals surface area contributed by atoms with Crippen molar-refractivity contribution in [3.63, 3.8) is 0 Å². The Hall–Kier alpha value is -1.92. The number of esters is 1. The van der Waals surface area contributed by atoms with Crippen molar-refractivity contribution in [2.75, 3.05) is 19.1 Å². The third-order valence-electron chi connectivity index (χ3n) is 3.61. The lowest BCUT2D eigenvalue weighted by Gasteiger charge is -2.23. The van der Waals surface area contributed by atoms with Gasteiger partial charge in [-0.25, -0.2) is 0 Å². The number of ether oxygens (including phenoxy) is 3. The molecule has 2 aromatic rings. The molecule has 26 heavy (non-hydrogen) atoms. The van der Waals surface area contributed by atoms with Gasteiger partial charge in [-0.15, -0.1) is 11.6 Å². The molecule has 1 N–H and O–H groups in total. The van der Waals surface area contributed by atoms with Crippen molar-refractivity contribution in [1.82, 2.24) is 0 Å². The average molecular weight is 379 g/mol. The molecule has 0 aliphatic rings. The summed E-state index contributed by atoms with van der Waals surface area (Å²) in [5, 5.41) is 10.3. The van der Waals surface area contributed by atoms with Gasteiger partial charge in [-0.1, -0.05) is 60.7 Å². The lowest BCUT2D eigenvalue weighted by Crippen LogP contribution is -2.38. The van der Waals surface area contributed by atoms with Gasteiger partial charge in [0, 0.05) is 0 Å². The SMILES string of the molecule is O=C(CCl)O[C@H](COCc1ccccc1)[C@H](O)COCc1ccccc1. The summed E-state index contributed by atoms with van der Waals surface area (Å²) in [4.78, 5) is 11.5. The highest BCUT2D eigenvalue weighted by atomic mass is 35.5. The zero-order valence-electron chi connectivity index (χ0n) is 14.4. The highest BCUT2D eigenvalue weighted by Gasteiger charge is 2.24. The number of benzene rings is 2. The van der Waals surface area contributed by atoms with Crippen LogP contribution in [-0.4, -0.2) is 42.4 Å². The van der Waals surface area contributed by atoms with E-state index in [4.69, 9.17) is 25.8 Å². The molecule has 0 spiro atoms. The Labute approximate surface area is 158 Å². The van der Waals surface area contributed by atoms with E-state index in [-0.39, 0.29) is 19.1 Å². The van der Waals surface area contributed by atoms with Gasteiger partial charge >= 0.3 is 5.97 Å². The smallest absolute Gasteiger partial charge is 0.321 e. The Morgan fingerprint density at radius 1 is 0.885 bits per heavy atom. The first-order valence-corrected chi connectivity index (χ1v) is 8.89. The molecule has 140 valence electrons. The maximum atomic E-state index is 11.5. The molecule has 5 nitrogen and oxygen atoms in total. The fraction of sp³-hybridized carbons (Fsp3) is 0.350. The number of aliphatic hydroxyl groups excluding tert-OH is 1. The van der Waals surface area contributed by atoms with Gasteiger partial charge in [-0.2, -0.15) is 0 Å². The molecule has 2 atom stereocenters. The minimum Gasteiger partial charge on any atom is -0.456 e. The summed E-state index contributed by atoms with van der Waals surface area (Å²) >= 11 is 5.49. The summed E-state index contributed by atoms with van der Waals surface area (Å²) in [7, 11) is 0. The number of halogens is 1. The molecular weight excluding hydrogens is 356 g/mol. The Morgan fingerprint density at radius 2 is 1.38 bits per heavy atom. The highest BCUT2D eigenvalue weighted by molar-refractivity contribution is 6.26. The third kappa shape index (κ3) is 7.54. The van der Waals surface area contributed by atoms with Crippen molar-refractivity contribution in [2.24, 2.45) is 0 Å². The van der Waals surface area contributed by atoms with Gasteiger partial charge in [0.2, 0.25) is 0 Å². The predicted molar refractivity (Wildman–Crippen MR) is 98.8 cm³/mol. The Bertz CT molecular complexity index is 635.